The average Bonchev–Trinajstić information content (AvgIpc) is 2.88. The molecule has 3 aromatic rings. The fourth-order valence-corrected chi connectivity index (χ4v) is 5.30. The van der Waals surface area contributed by atoms with Crippen LogP contribution in [0.2, 0.25) is 5.02 Å². The summed E-state index contributed by atoms with van der Waals surface area (Å²) < 4.78 is 16.7. The van der Waals surface area contributed by atoms with Crippen LogP contribution in [0.3, 0.4) is 0 Å². The number of nitrogens with zero attached hydrogens (tertiary/aromatic N) is 2. The van der Waals surface area contributed by atoms with Gasteiger partial charge < -0.3 is 14.9 Å². The van der Waals surface area contributed by atoms with E-state index in [0.29, 0.717) is 34.7 Å². The normalized spacial score (nSPS) is 19.0. The van der Waals surface area contributed by atoms with E-state index in [0.717, 1.165) is 18.4 Å². The predicted octanol–water partition coefficient (Wildman–Crippen LogP) is 5.70. The molecule has 1 aliphatic carbocycles. The van der Waals surface area contributed by atoms with Crippen molar-refractivity contribution in [2.75, 3.05) is 0 Å². The van der Waals surface area contributed by atoms with Gasteiger partial charge in [-0.05, 0) is 67.0 Å². The maximum absolute atomic E-state index is 15.3. The van der Waals surface area contributed by atoms with Crippen LogP contribution < -0.4 is 5.56 Å². The van der Waals surface area contributed by atoms with Crippen LogP contribution in [0.1, 0.15) is 71.5 Å². The molecule has 1 unspecified atom stereocenters. The summed E-state index contributed by atoms with van der Waals surface area (Å²) in [7, 11) is 1.60. The standard InChI is InChI=1S/C29H30ClFN2O4/c1-33-17-20(9-13-29(33)36)27(32-37)16-24(22-4-2-3-5-25(22)30)19-8-12-23(26(31)15-19)28(35)14-18-6-10-21(34)11-7-18/h2-5,8-9,12-13,15,17-18,21,24,34,37H,6-7,10-11,14,16H2,1H3/b32-27+. The van der Waals surface area contributed by atoms with E-state index in [9.17, 15) is 19.9 Å². The molecule has 4 rings (SSSR count). The Balaban J connectivity index is 1.64. The number of aromatic nitrogens is 1. The first-order chi connectivity index (χ1) is 17.8. The fourth-order valence-electron chi connectivity index (χ4n) is 5.03. The van der Waals surface area contributed by atoms with Crippen LogP contribution in [0, 0.1) is 11.7 Å². The van der Waals surface area contributed by atoms with E-state index >= 15 is 4.39 Å². The largest absolute Gasteiger partial charge is 0.411 e. The number of Topliss-reactive ketones (excluding diaryl/α,β-unsaturated/α-hetero) is 1. The lowest BCUT2D eigenvalue weighted by Gasteiger charge is -2.25. The molecule has 8 heteroatoms. The first kappa shape index (κ1) is 26.8. The average molecular weight is 525 g/mol. The first-order valence-electron chi connectivity index (χ1n) is 12.4. The molecule has 1 aromatic heterocycles. The quantitative estimate of drug-likeness (QED) is 0.171. The van der Waals surface area contributed by atoms with Gasteiger partial charge in [0.1, 0.15) is 5.82 Å². The number of pyridine rings is 1. The molecule has 0 saturated heterocycles. The zero-order chi connectivity index (χ0) is 26.5. The van der Waals surface area contributed by atoms with Gasteiger partial charge in [0.15, 0.2) is 5.78 Å². The summed E-state index contributed by atoms with van der Waals surface area (Å²) in [5.41, 5.74) is 1.99. The lowest BCUT2D eigenvalue weighted by atomic mass is 9.82. The Hall–Kier alpha value is -3.29. The van der Waals surface area contributed by atoms with E-state index in [2.05, 4.69) is 5.16 Å². The Bertz CT molecular complexity index is 1360. The van der Waals surface area contributed by atoms with Gasteiger partial charge in [-0.15, -0.1) is 0 Å². The molecule has 2 N–H and O–H groups in total. The minimum absolute atomic E-state index is 0.0434. The summed E-state index contributed by atoms with van der Waals surface area (Å²) in [5, 5.41) is 23.5. The lowest BCUT2D eigenvalue weighted by molar-refractivity contribution is 0.0856. The Kier molecular flexibility index (Phi) is 8.56. The second-order valence-corrected chi connectivity index (χ2v) is 10.1. The second kappa shape index (κ2) is 11.8. The maximum Gasteiger partial charge on any atom is 0.250 e. The van der Waals surface area contributed by atoms with Gasteiger partial charge in [0.25, 0.3) is 0 Å². The van der Waals surface area contributed by atoms with Gasteiger partial charge in [-0.25, -0.2) is 4.39 Å². The number of halogens is 2. The molecule has 0 radical (unpaired) electrons. The summed E-state index contributed by atoms with van der Waals surface area (Å²) >= 11 is 6.51. The molecule has 0 spiro atoms. The highest BCUT2D eigenvalue weighted by Crippen LogP contribution is 2.35. The number of hydrogen-bond acceptors (Lipinski definition) is 5. The molecule has 1 heterocycles. The number of ketones is 1. The zero-order valence-electron chi connectivity index (χ0n) is 20.6. The molecule has 1 aliphatic rings. The molecule has 0 aliphatic heterocycles. The number of oxime groups is 1. The van der Waals surface area contributed by atoms with Gasteiger partial charge >= 0.3 is 0 Å². The van der Waals surface area contributed by atoms with E-state index < -0.39 is 11.7 Å². The highest BCUT2D eigenvalue weighted by Gasteiger charge is 2.26. The Labute approximate surface area is 220 Å². The van der Waals surface area contributed by atoms with Crippen molar-refractivity contribution in [3.63, 3.8) is 0 Å². The third-order valence-electron chi connectivity index (χ3n) is 7.20. The van der Waals surface area contributed by atoms with Crippen molar-refractivity contribution < 1.29 is 19.5 Å². The highest BCUT2D eigenvalue weighted by molar-refractivity contribution is 6.31. The van der Waals surface area contributed by atoms with Crippen LogP contribution in [0.5, 0.6) is 0 Å². The van der Waals surface area contributed by atoms with Crippen LogP contribution in [0.15, 0.2) is 70.7 Å². The smallest absolute Gasteiger partial charge is 0.250 e. The van der Waals surface area contributed by atoms with E-state index in [4.69, 9.17) is 11.6 Å². The van der Waals surface area contributed by atoms with Gasteiger partial charge in [-0.3, -0.25) is 9.59 Å². The monoisotopic (exact) mass is 524 g/mol. The van der Waals surface area contributed by atoms with Gasteiger partial charge in [-0.1, -0.05) is 41.0 Å². The van der Waals surface area contributed by atoms with Crippen molar-refractivity contribution in [1.29, 1.82) is 0 Å². The summed E-state index contributed by atoms with van der Waals surface area (Å²) in [6.45, 7) is 0. The number of aryl methyl sites for hydroxylation is 1. The van der Waals surface area contributed by atoms with Crippen molar-refractivity contribution in [2.45, 2.75) is 50.5 Å². The van der Waals surface area contributed by atoms with Crippen LogP contribution in [0.25, 0.3) is 0 Å². The molecule has 2 aromatic carbocycles. The second-order valence-electron chi connectivity index (χ2n) is 9.73. The Morgan fingerprint density at radius 1 is 1.14 bits per heavy atom. The number of aliphatic hydroxyl groups excluding tert-OH is 1. The van der Waals surface area contributed by atoms with E-state index in [1.165, 1.54) is 22.8 Å². The van der Waals surface area contributed by atoms with Crippen molar-refractivity contribution in [2.24, 2.45) is 18.1 Å². The number of rotatable bonds is 8. The van der Waals surface area contributed by atoms with E-state index in [1.807, 2.05) is 12.1 Å². The maximum atomic E-state index is 15.3. The number of aliphatic hydroxyl groups is 1. The van der Waals surface area contributed by atoms with Crippen molar-refractivity contribution in [1.82, 2.24) is 4.57 Å². The minimum Gasteiger partial charge on any atom is -0.411 e. The zero-order valence-corrected chi connectivity index (χ0v) is 21.4. The predicted molar refractivity (Wildman–Crippen MR) is 141 cm³/mol. The van der Waals surface area contributed by atoms with Gasteiger partial charge in [-0.2, -0.15) is 0 Å². The Morgan fingerprint density at radius 3 is 2.51 bits per heavy atom. The molecule has 37 heavy (non-hydrogen) atoms. The highest BCUT2D eigenvalue weighted by atomic mass is 35.5. The third kappa shape index (κ3) is 6.35. The number of carbonyl (C=O) groups is 1. The summed E-state index contributed by atoms with van der Waals surface area (Å²) in [6.07, 6.45) is 4.56. The number of hydrogen-bond donors (Lipinski definition) is 2. The van der Waals surface area contributed by atoms with Crippen LogP contribution in [-0.4, -0.2) is 32.5 Å². The first-order valence-corrected chi connectivity index (χ1v) is 12.8. The summed E-state index contributed by atoms with van der Waals surface area (Å²) in [5.74, 6) is -1.19. The molecule has 1 saturated carbocycles. The summed E-state index contributed by atoms with van der Waals surface area (Å²) in [6, 6.07) is 14.7. The molecule has 0 amide bonds. The van der Waals surface area contributed by atoms with E-state index in [-0.39, 0.29) is 41.8 Å². The molecular weight excluding hydrogens is 495 g/mol. The van der Waals surface area contributed by atoms with Crippen molar-refractivity contribution >= 4 is 23.1 Å². The molecule has 1 fully saturated rings. The van der Waals surface area contributed by atoms with Gasteiger partial charge in [0, 0.05) is 48.7 Å². The van der Waals surface area contributed by atoms with Crippen LogP contribution in [0.4, 0.5) is 4.39 Å². The molecule has 1 atom stereocenters. The molecule has 6 nitrogen and oxygen atoms in total. The molecule has 0 bridgehead atoms. The lowest BCUT2D eigenvalue weighted by Crippen LogP contribution is -2.21. The number of benzene rings is 2. The fraction of sp³-hybridized carbons (Fsp3) is 0.345. The van der Waals surface area contributed by atoms with Crippen molar-refractivity contribution in [3.05, 3.63) is 104 Å². The minimum atomic E-state index is -0.611. The topological polar surface area (TPSA) is 91.9 Å². The van der Waals surface area contributed by atoms with Crippen LogP contribution >= 0.6 is 11.6 Å². The van der Waals surface area contributed by atoms with Crippen molar-refractivity contribution in [3.8, 4) is 0 Å². The molecular formula is C29H30ClFN2O4. The van der Waals surface area contributed by atoms with E-state index in [1.54, 1.807) is 37.5 Å². The van der Waals surface area contributed by atoms with Gasteiger partial charge in [0.05, 0.1) is 17.4 Å². The third-order valence-corrected chi connectivity index (χ3v) is 7.55. The van der Waals surface area contributed by atoms with Crippen LogP contribution in [-0.2, 0) is 7.05 Å². The Morgan fingerprint density at radius 2 is 1.86 bits per heavy atom. The SMILES string of the molecule is Cn1cc(/C(CC(c2ccc(C(=O)CC3CCC(O)CC3)c(F)c2)c2ccccc2Cl)=N/O)ccc1=O. The summed E-state index contributed by atoms with van der Waals surface area (Å²) in [4.78, 5) is 24.7. The van der Waals surface area contributed by atoms with Gasteiger partial charge in [0.2, 0.25) is 5.56 Å². The number of carbonyl (C=O) groups excluding carboxylic acids is 1. The molecule has 194 valence electrons.